The number of allylic oxidation sites excluding steroid dienone is 1. The van der Waals surface area contributed by atoms with Gasteiger partial charge in [-0.3, -0.25) is 9.79 Å². The highest BCUT2D eigenvalue weighted by Crippen LogP contribution is 2.38. The Morgan fingerprint density at radius 3 is 2.67 bits per heavy atom. The molecule has 0 atom stereocenters. The Morgan fingerprint density at radius 2 is 2.04 bits per heavy atom. The molecule has 2 aliphatic rings. The lowest BCUT2D eigenvalue weighted by atomic mass is 10.2. The second-order valence-electron chi connectivity index (χ2n) is 4.97. The van der Waals surface area contributed by atoms with Crippen LogP contribution in [0.4, 0.5) is 23.2 Å². The minimum absolute atomic E-state index is 0.0278. The summed E-state index contributed by atoms with van der Waals surface area (Å²) in [6.07, 6.45) is -4.30. The van der Waals surface area contributed by atoms with Crippen LogP contribution in [0.15, 0.2) is 28.9 Å². The van der Waals surface area contributed by atoms with Gasteiger partial charge in [0.05, 0.1) is 24.4 Å². The van der Waals surface area contributed by atoms with Gasteiger partial charge in [-0.15, -0.1) is 0 Å². The molecule has 0 aliphatic carbocycles. The number of amides is 1. The maximum absolute atomic E-state index is 14.3. The fraction of sp³-hybridized carbons (Fsp3) is 0.286. The lowest BCUT2D eigenvalue weighted by Crippen LogP contribution is -2.51. The predicted molar refractivity (Wildman–Crippen MR) is 78.6 cm³/mol. The summed E-state index contributed by atoms with van der Waals surface area (Å²) in [5.41, 5.74) is -1.41. The summed E-state index contributed by atoms with van der Waals surface area (Å²) in [7, 11) is 1.29. The lowest BCUT2D eigenvalue weighted by molar-refractivity contribution is -0.119. The zero-order chi connectivity index (χ0) is 17.6. The van der Waals surface area contributed by atoms with E-state index in [2.05, 4.69) is 4.99 Å². The fourth-order valence-electron chi connectivity index (χ4n) is 2.52. The van der Waals surface area contributed by atoms with Crippen molar-refractivity contribution in [2.24, 2.45) is 4.99 Å². The van der Waals surface area contributed by atoms with Gasteiger partial charge in [0.1, 0.15) is 17.3 Å². The number of ether oxygens (including phenoxy) is 1. The number of fused-ring (bicyclic) bond motifs is 1. The molecule has 5 nitrogen and oxygen atoms in total. The third kappa shape index (κ3) is 2.58. The first kappa shape index (κ1) is 16.6. The van der Waals surface area contributed by atoms with Gasteiger partial charge in [-0.2, -0.15) is 13.2 Å². The van der Waals surface area contributed by atoms with Gasteiger partial charge in [-0.25, -0.2) is 9.29 Å². The second-order valence-corrected chi connectivity index (χ2v) is 5.38. The standard InChI is InChI=1S/C14H10ClF4N3O2/c1-24-10-5-9(8(16)4-7(10)15)22-12(23)6-11(14(17,18)19)21-3-2-20-13(21)22/h4-6H,2-3H2,1H3. The van der Waals surface area contributed by atoms with E-state index in [0.29, 0.717) is 6.08 Å². The van der Waals surface area contributed by atoms with Crippen LogP contribution in [0.2, 0.25) is 5.02 Å². The fourth-order valence-corrected chi connectivity index (χ4v) is 2.75. The molecule has 0 N–H and O–H groups in total. The van der Waals surface area contributed by atoms with Crippen molar-refractivity contribution in [2.45, 2.75) is 6.18 Å². The highest BCUT2D eigenvalue weighted by molar-refractivity contribution is 6.32. The molecule has 2 aliphatic heterocycles. The smallest absolute Gasteiger partial charge is 0.431 e. The molecule has 10 heteroatoms. The summed E-state index contributed by atoms with van der Waals surface area (Å²) in [6.45, 7) is -0.00429. The maximum Gasteiger partial charge on any atom is 0.431 e. The number of methoxy groups -OCH3 is 1. The molecule has 1 amide bonds. The number of rotatable bonds is 2. The van der Waals surface area contributed by atoms with Crippen LogP contribution in [0.1, 0.15) is 0 Å². The Balaban J connectivity index is 2.13. The molecule has 128 valence electrons. The van der Waals surface area contributed by atoms with Gasteiger partial charge in [-0.1, -0.05) is 11.6 Å². The molecular weight excluding hydrogens is 354 g/mol. The van der Waals surface area contributed by atoms with Gasteiger partial charge in [0, 0.05) is 18.7 Å². The molecular formula is C14H10ClF4N3O2. The summed E-state index contributed by atoms with van der Waals surface area (Å²) in [6, 6.07) is 2.06. The number of benzene rings is 1. The van der Waals surface area contributed by atoms with Crippen LogP contribution < -0.4 is 9.64 Å². The number of hydrogen-bond acceptors (Lipinski definition) is 4. The van der Waals surface area contributed by atoms with E-state index in [1.165, 1.54) is 7.11 Å². The maximum atomic E-state index is 14.3. The van der Waals surface area contributed by atoms with Gasteiger partial charge in [0.25, 0.3) is 5.91 Å². The summed E-state index contributed by atoms with van der Waals surface area (Å²) >= 11 is 5.80. The minimum atomic E-state index is -4.72. The van der Waals surface area contributed by atoms with Crippen LogP contribution >= 0.6 is 11.6 Å². The normalized spacial score (nSPS) is 17.7. The van der Waals surface area contributed by atoms with E-state index in [4.69, 9.17) is 16.3 Å². The molecule has 0 aromatic heterocycles. The number of carbonyl (C=O) groups excluding carboxylic acids is 1. The van der Waals surface area contributed by atoms with Crippen molar-refractivity contribution < 1.29 is 27.1 Å². The summed E-state index contributed by atoms with van der Waals surface area (Å²) in [5, 5.41) is -0.0278. The number of nitrogens with zero attached hydrogens (tertiary/aromatic N) is 3. The van der Waals surface area contributed by atoms with Crippen molar-refractivity contribution >= 4 is 29.2 Å². The number of anilines is 1. The SMILES string of the molecule is COc1cc(N2C(=O)C=C(C(F)(F)F)N3CCN=C32)c(F)cc1Cl. The first-order valence-corrected chi connectivity index (χ1v) is 7.10. The molecule has 0 radical (unpaired) electrons. The molecule has 0 fully saturated rings. The van der Waals surface area contributed by atoms with Gasteiger partial charge < -0.3 is 9.64 Å². The summed E-state index contributed by atoms with van der Waals surface area (Å²) in [5.74, 6) is -2.13. The van der Waals surface area contributed by atoms with E-state index in [1.807, 2.05) is 0 Å². The van der Waals surface area contributed by atoms with E-state index < -0.39 is 23.6 Å². The van der Waals surface area contributed by atoms with Crippen molar-refractivity contribution in [1.82, 2.24) is 4.90 Å². The van der Waals surface area contributed by atoms with Crippen molar-refractivity contribution in [1.29, 1.82) is 0 Å². The molecule has 24 heavy (non-hydrogen) atoms. The van der Waals surface area contributed by atoms with Crippen LogP contribution in [-0.2, 0) is 4.79 Å². The van der Waals surface area contributed by atoms with Crippen molar-refractivity contribution in [3.63, 3.8) is 0 Å². The number of aliphatic imine (C=N–C) groups is 1. The predicted octanol–water partition coefficient (Wildman–Crippen LogP) is 2.95. The molecule has 1 aromatic rings. The average molecular weight is 364 g/mol. The first-order chi connectivity index (χ1) is 11.2. The van der Waals surface area contributed by atoms with E-state index in [-0.39, 0.29) is 35.5 Å². The Labute approximate surface area is 138 Å². The van der Waals surface area contributed by atoms with Crippen molar-refractivity contribution in [3.8, 4) is 5.75 Å². The van der Waals surface area contributed by atoms with E-state index in [1.54, 1.807) is 0 Å². The molecule has 0 saturated carbocycles. The molecule has 1 aromatic carbocycles. The summed E-state index contributed by atoms with van der Waals surface area (Å²) in [4.78, 5) is 17.8. The van der Waals surface area contributed by atoms with Crippen LogP contribution in [0.3, 0.4) is 0 Å². The minimum Gasteiger partial charge on any atom is -0.495 e. The Bertz CT molecular complexity index is 776. The lowest BCUT2D eigenvalue weighted by Gasteiger charge is -2.35. The molecule has 0 spiro atoms. The molecule has 0 unspecified atom stereocenters. The molecule has 3 rings (SSSR count). The van der Waals surface area contributed by atoms with Crippen molar-refractivity contribution in [3.05, 3.63) is 34.7 Å². The highest BCUT2D eigenvalue weighted by Gasteiger charge is 2.47. The molecule has 0 bridgehead atoms. The van der Waals surface area contributed by atoms with E-state index in [0.717, 1.165) is 21.9 Å². The number of halogens is 5. The van der Waals surface area contributed by atoms with Crippen LogP contribution in [0.5, 0.6) is 5.75 Å². The Hall–Kier alpha value is -2.29. The van der Waals surface area contributed by atoms with E-state index in [9.17, 15) is 22.4 Å². The molecule has 0 saturated heterocycles. The van der Waals surface area contributed by atoms with Crippen LogP contribution in [-0.4, -0.2) is 43.1 Å². The highest BCUT2D eigenvalue weighted by atomic mass is 35.5. The number of hydrogen-bond donors (Lipinski definition) is 0. The second kappa shape index (κ2) is 5.66. The Kier molecular flexibility index (Phi) is 3.90. The average Bonchev–Trinajstić information content (AvgIpc) is 2.95. The monoisotopic (exact) mass is 363 g/mol. The third-order valence-corrected chi connectivity index (χ3v) is 3.84. The third-order valence-electron chi connectivity index (χ3n) is 3.54. The number of carbonyl (C=O) groups is 1. The van der Waals surface area contributed by atoms with Gasteiger partial charge >= 0.3 is 6.18 Å². The zero-order valence-corrected chi connectivity index (χ0v) is 13.0. The topological polar surface area (TPSA) is 45.1 Å². The number of guanidine groups is 1. The van der Waals surface area contributed by atoms with Gasteiger partial charge in [0.15, 0.2) is 0 Å². The van der Waals surface area contributed by atoms with E-state index >= 15 is 0 Å². The quantitative estimate of drug-likeness (QED) is 0.759. The Morgan fingerprint density at radius 1 is 1.33 bits per heavy atom. The largest absolute Gasteiger partial charge is 0.495 e. The zero-order valence-electron chi connectivity index (χ0n) is 12.2. The van der Waals surface area contributed by atoms with Crippen LogP contribution in [0, 0.1) is 5.82 Å². The first-order valence-electron chi connectivity index (χ1n) is 6.72. The molecule has 2 heterocycles. The van der Waals surface area contributed by atoms with Gasteiger partial charge in [0.2, 0.25) is 5.96 Å². The number of alkyl halides is 3. The summed E-state index contributed by atoms with van der Waals surface area (Å²) < 4.78 is 58.5. The van der Waals surface area contributed by atoms with Crippen LogP contribution in [0.25, 0.3) is 0 Å². The van der Waals surface area contributed by atoms with Gasteiger partial charge in [-0.05, 0) is 6.07 Å². The van der Waals surface area contributed by atoms with Crippen molar-refractivity contribution in [2.75, 3.05) is 25.1 Å².